The number of hydrogen-bond acceptors (Lipinski definition) is 2. The average molecular weight is 380 g/mol. The van der Waals surface area contributed by atoms with Gasteiger partial charge >= 0.3 is 6.03 Å². The molecule has 0 spiro atoms. The summed E-state index contributed by atoms with van der Waals surface area (Å²) in [4.78, 5) is 26.5. The van der Waals surface area contributed by atoms with Crippen LogP contribution in [-0.2, 0) is 11.2 Å². The van der Waals surface area contributed by atoms with Crippen LogP contribution in [0.25, 0.3) is 0 Å². The number of nitrogens with zero attached hydrogens (tertiary/aromatic N) is 1. The second-order valence-corrected chi connectivity index (χ2v) is 7.57. The molecule has 1 fully saturated rings. The van der Waals surface area contributed by atoms with Crippen LogP contribution in [0.1, 0.15) is 42.9 Å². The number of amides is 3. The van der Waals surface area contributed by atoms with Crippen molar-refractivity contribution in [1.29, 1.82) is 0 Å². The van der Waals surface area contributed by atoms with Crippen LogP contribution in [0.3, 0.4) is 0 Å². The SMILES string of the molecule is CCCCc1ccc(NC(=O)N[C@H]2CC(=O)N(c3ccc(C)c(C)c3)C2)cc1. The van der Waals surface area contributed by atoms with Crippen molar-refractivity contribution in [2.45, 2.75) is 52.5 Å². The van der Waals surface area contributed by atoms with E-state index in [-0.39, 0.29) is 18.0 Å². The lowest BCUT2D eigenvalue weighted by Crippen LogP contribution is -2.39. The molecule has 0 saturated carbocycles. The van der Waals surface area contributed by atoms with Crippen LogP contribution in [0.2, 0.25) is 0 Å². The van der Waals surface area contributed by atoms with E-state index in [1.807, 2.05) is 49.4 Å². The molecular formula is C23H29N3O2. The third-order valence-electron chi connectivity index (χ3n) is 5.29. The monoisotopic (exact) mass is 379 g/mol. The Balaban J connectivity index is 1.54. The molecule has 5 heteroatoms. The van der Waals surface area contributed by atoms with Crippen LogP contribution in [-0.4, -0.2) is 24.5 Å². The van der Waals surface area contributed by atoms with Crippen molar-refractivity contribution < 1.29 is 9.59 Å². The number of unbranched alkanes of at least 4 members (excludes halogenated alkanes) is 1. The maximum absolute atomic E-state index is 12.4. The Morgan fingerprint density at radius 1 is 1.11 bits per heavy atom. The number of carbonyl (C=O) groups is 2. The van der Waals surface area contributed by atoms with Crippen molar-refractivity contribution in [3.8, 4) is 0 Å². The molecule has 3 amide bonds. The standard InChI is InChI=1S/C23H29N3O2/c1-4-5-6-18-8-10-19(11-9-18)24-23(28)25-20-14-22(27)26(15-20)21-12-7-16(2)17(3)13-21/h7-13,20H,4-6,14-15H2,1-3H3,(H2,24,25,28)/t20-/m0/s1. The van der Waals surface area contributed by atoms with E-state index in [0.29, 0.717) is 13.0 Å². The van der Waals surface area contributed by atoms with Gasteiger partial charge in [-0.05, 0) is 67.6 Å². The van der Waals surface area contributed by atoms with E-state index in [1.165, 1.54) is 24.0 Å². The summed E-state index contributed by atoms with van der Waals surface area (Å²) < 4.78 is 0. The highest BCUT2D eigenvalue weighted by Crippen LogP contribution is 2.24. The Bertz CT molecular complexity index is 845. The van der Waals surface area contributed by atoms with Crippen LogP contribution in [0.5, 0.6) is 0 Å². The summed E-state index contributed by atoms with van der Waals surface area (Å²) in [5, 5.41) is 5.78. The lowest BCUT2D eigenvalue weighted by atomic mass is 10.1. The van der Waals surface area contributed by atoms with E-state index < -0.39 is 0 Å². The number of urea groups is 1. The fourth-order valence-electron chi connectivity index (χ4n) is 3.44. The summed E-state index contributed by atoms with van der Waals surface area (Å²) in [6.07, 6.45) is 3.71. The fourth-order valence-corrected chi connectivity index (χ4v) is 3.44. The van der Waals surface area contributed by atoms with Gasteiger partial charge in [-0.2, -0.15) is 0 Å². The zero-order valence-electron chi connectivity index (χ0n) is 16.9. The van der Waals surface area contributed by atoms with E-state index in [2.05, 4.69) is 24.5 Å². The number of rotatable bonds is 6. The molecule has 5 nitrogen and oxygen atoms in total. The van der Waals surface area contributed by atoms with Crippen LogP contribution in [0.15, 0.2) is 42.5 Å². The molecule has 1 saturated heterocycles. The number of benzene rings is 2. The Morgan fingerprint density at radius 3 is 2.54 bits per heavy atom. The highest BCUT2D eigenvalue weighted by Gasteiger charge is 2.31. The van der Waals surface area contributed by atoms with Gasteiger partial charge in [-0.1, -0.05) is 31.5 Å². The summed E-state index contributed by atoms with van der Waals surface area (Å²) >= 11 is 0. The third-order valence-corrected chi connectivity index (χ3v) is 5.29. The first kappa shape index (κ1) is 19.9. The Labute approximate surface area is 167 Å². The predicted molar refractivity (Wildman–Crippen MR) is 114 cm³/mol. The Morgan fingerprint density at radius 2 is 1.86 bits per heavy atom. The zero-order chi connectivity index (χ0) is 20.1. The molecule has 2 aromatic rings. The first-order valence-corrected chi connectivity index (χ1v) is 10.0. The van der Waals surface area contributed by atoms with Crippen molar-refractivity contribution in [1.82, 2.24) is 5.32 Å². The van der Waals surface area contributed by atoms with E-state index in [0.717, 1.165) is 23.4 Å². The molecule has 1 aliphatic heterocycles. The summed E-state index contributed by atoms with van der Waals surface area (Å²) in [7, 11) is 0. The van der Waals surface area contributed by atoms with Crippen LogP contribution < -0.4 is 15.5 Å². The van der Waals surface area contributed by atoms with Crippen molar-refractivity contribution in [2.24, 2.45) is 0 Å². The third kappa shape index (κ3) is 4.91. The summed E-state index contributed by atoms with van der Waals surface area (Å²) in [5.74, 6) is 0.0360. The van der Waals surface area contributed by atoms with Crippen LogP contribution in [0.4, 0.5) is 16.2 Å². The van der Waals surface area contributed by atoms with E-state index >= 15 is 0 Å². The molecule has 3 rings (SSSR count). The fraction of sp³-hybridized carbons (Fsp3) is 0.391. The average Bonchev–Trinajstić information content (AvgIpc) is 3.03. The maximum atomic E-state index is 12.4. The van der Waals surface area contributed by atoms with Gasteiger partial charge in [-0.15, -0.1) is 0 Å². The van der Waals surface area contributed by atoms with Crippen molar-refractivity contribution >= 4 is 23.3 Å². The van der Waals surface area contributed by atoms with Gasteiger partial charge in [0.25, 0.3) is 0 Å². The van der Waals surface area contributed by atoms with Gasteiger partial charge in [0.15, 0.2) is 0 Å². The van der Waals surface area contributed by atoms with Crippen molar-refractivity contribution in [3.63, 3.8) is 0 Å². The maximum Gasteiger partial charge on any atom is 0.319 e. The minimum Gasteiger partial charge on any atom is -0.333 e. The number of carbonyl (C=O) groups excluding carboxylic acids is 2. The summed E-state index contributed by atoms with van der Waals surface area (Å²) in [6, 6.07) is 13.5. The highest BCUT2D eigenvalue weighted by molar-refractivity contribution is 5.97. The molecule has 28 heavy (non-hydrogen) atoms. The molecule has 0 aliphatic carbocycles. The number of hydrogen-bond donors (Lipinski definition) is 2. The minimum atomic E-state index is -0.277. The van der Waals surface area contributed by atoms with Crippen LogP contribution in [0, 0.1) is 13.8 Å². The van der Waals surface area contributed by atoms with E-state index in [1.54, 1.807) is 4.90 Å². The number of anilines is 2. The van der Waals surface area contributed by atoms with Gasteiger partial charge in [0, 0.05) is 24.3 Å². The lowest BCUT2D eigenvalue weighted by molar-refractivity contribution is -0.117. The van der Waals surface area contributed by atoms with Gasteiger partial charge < -0.3 is 15.5 Å². The van der Waals surface area contributed by atoms with Crippen molar-refractivity contribution in [3.05, 3.63) is 59.2 Å². The quantitative estimate of drug-likeness (QED) is 0.772. The highest BCUT2D eigenvalue weighted by atomic mass is 16.2. The van der Waals surface area contributed by atoms with Gasteiger partial charge in [-0.3, -0.25) is 4.79 Å². The minimum absolute atomic E-state index is 0.0360. The first-order valence-electron chi connectivity index (χ1n) is 10.0. The topological polar surface area (TPSA) is 61.4 Å². The van der Waals surface area contributed by atoms with E-state index in [4.69, 9.17) is 0 Å². The molecule has 1 heterocycles. The molecule has 1 aliphatic rings. The van der Waals surface area contributed by atoms with Gasteiger partial charge in [0.05, 0.1) is 6.04 Å². The largest absolute Gasteiger partial charge is 0.333 e. The van der Waals surface area contributed by atoms with Gasteiger partial charge in [-0.25, -0.2) is 4.79 Å². The molecule has 0 aromatic heterocycles. The smallest absolute Gasteiger partial charge is 0.319 e. The molecule has 148 valence electrons. The number of aryl methyl sites for hydroxylation is 3. The second-order valence-electron chi connectivity index (χ2n) is 7.57. The molecule has 0 bridgehead atoms. The van der Waals surface area contributed by atoms with E-state index in [9.17, 15) is 9.59 Å². The molecule has 2 N–H and O–H groups in total. The zero-order valence-corrected chi connectivity index (χ0v) is 16.9. The second kappa shape index (κ2) is 8.91. The Hall–Kier alpha value is -2.82. The molecule has 0 unspecified atom stereocenters. The Kier molecular flexibility index (Phi) is 6.34. The molecular weight excluding hydrogens is 350 g/mol. The lowest BCUT2D eigenvalue weighted by Gasteiger charge is -2.18. The first-order chi connectivity index (χ1) is 13.5. The van der Waals surface area contributed by atoms with Crippen LogP contribution >= 0.6 is 0 Å². The summed E-state index contributed by atoms with van der Waals surface area (Å²) in [6.45, 7) is 6.76. The molecule has 2 aromatic carbocycles. The summed E-state index contributed by atoms with van der Waals surface area (Å²) in [5.41, 5.74) is 5.28. The molecule has 1 atom stereocenters. The predicted octanol–water partition coefficient (Wildman–Crippen LogP) is 4.57. The molecule has 0 radical (unpaired) electrons. The van der Waals surface area contributed by atoms with Gasteiger partial charge in [0.1, 0.15) is 0 Å². The van der Waals surface area contributed by atoms with Gasteiger partial charge in [0.2, 0.25) is 5.91 Å². The van der Waals surface area contributed by atoms with Crippen molar-refractivity contribution in [2.75, 3.05) is 16.8 Å². The normalized spacial score (nSPS) is 16.3. The number of nitrogens with one attached hydrogen (secondary N) is 2.